The van der Waals surface area contributed by atoms with Crippen LogP contribution in [0.3, 0.4) is 0 Å². The van der Waals surface area contributed by atoms with Gasteiger partial charge in [0.2, 0.25) is 0 Å². The minimum Gasteiger partial charge on any atom is -0.406 e. The first kappa shape index (κ1) is 21.8. The van der Waals surface area contributed by atoms with E-state index in [1.807, 2.05) is 0 Å². The molecule has 0 aliphatic heterocycles. The number of nitrogens with one attached hydrogen (secondary N) is 2. The quantitative estimate of drug-likeness (QED) is 0.494. The summed E-state index contributed by atoms with van der Waals surface area (Å²) in [7, 11) is 0. The maximum atomic E-state index is 12.2. The second kappa shape index (κ2) is 8.86. The fourth-order valence-electron chi connectivity index (χ4n) is 2.56. The van der Waals surface area contributed by atoms with Crippen LogP contribution in [0.2, 0.25) is 0 Å². The molecule has 0 saturated heterocycles. The van der Waals surface area contributed by atoms with Crippen molar-refractivity contribution in [3.8, 4) is 5.75 Å². The van der Waals surface area contributed by atoms with Crippen LogP contribution in [-0.4, -0.2) is 29.8 Å². The lowest BCUT2D eigenvalue weighted by Gasteiger charge is -2.26. The van der Waals surface area contributed by atoms with Crippen LogP contribution in [0.25, 0.3) is 0 Å². The molecule has 0 aliphatic carbocycles. The van der Waals surface area contributed by atoms with Gasteiger partial charge in [-0.15, -0.1) is 24.5 Å². The van der Waals surface area contributed by atoms with E-state index in [4.69, 9.17) is 0 Å². The van der Waals surface area contributed by atoms with Gasteiger partial charge in [-0.3, -0.25) is 9.59 Å². The normalized spacial score (nSPS) is 13.3. The molecule has 0 bridgehead atoms. The number of carbonyl (C=O) groups is 2. The molecule has 0 saturated carbocycles. The van der Waals surface area contributed by atoms with Crippen LogP contribution in [0, 0.1) is 0 Å². The van der Waals surface area contributed by atoms with E-state index >= 15 is 0 Å². The van der Waals surface area contributed by atoms with Crippen LogP contribution in [0.4, 0.5) is 18.9 Å². The zero-order chi connectivity index (χ0) is 21.8. The number of halogens is 3. The number of hydrogen-bond donors (Lipinski definition) is 3. The van der Waals surface area contributed by atoms with Crippen LogP contribution in [0.1, 0.15) is 10.4 Å². The summed E-state index contributed by atoms with van der Waals surface area (Å²) in [4.78, 5) is 24.9. The SMILES string of the molecule is O=C(NCC(O)(c1ccsc1)c1cccs1)C(=O)Nc1ccc(OC(F)(F)F)cc1. The Morgan fingerprint density at radius 1 is 1.03 bits per heavy atom. The Hall–Kier alpha value is -2.89. The van der Waals surface area contributed by atoms with E-state index in [9.17, 15) is 27.9 Å². The zero-order valence-electron chi connectivity index (χ0n) is 15.1. The standard InChI is InChI=1S/C19H15F3N2O4S2/c20-19(21,22)28-14-5-3-13(4-6-14)24-17(26)16(25)23-11-18(27,12-7-9-29-10-12)15-2-1-8-30-15/h1-10,27H,11H2,(H,23,25)(H,24,26). The van der Waals surface area contributed by atoms with Crippen molar-refractivity contribution in [3.05, 3.63) is 69.0 Å². The van der Waals surface area contributed by atoms with Crippen molar-refractivity contribution in [3.63, 3.8) is 0 Å². The molecule has 158 valence electrons. The second-order valence-electron chi connectivity index (χ2n) is 6.06. The summed E-state index contributed by atoms with van der Waals surface area (Å²) in [6.45, 7) is -0.241. The molecule has 0 fully saturated rings. The molecule has 1 aromatic carbocycles. The monoisotopic (exact) mass is 456 g/mol. The first-order valence-corrected chi connectivity index (χ1v) is 10.2. The summed E-state index contributed by atoms with van der Waals surface area (Å²) in [6, 6.07) is 9.55. The Labute approximate surface area is 176 Å². The minimum atomic E-state index is -4.83. The first-order valence-electron chi connectivity index (χ1n) is 8.41. The average molecular weight is 456 g/mol. The van der Waals surface area contributed by atoms with Gasteiger partial charge in [0, 0.05) is 16.1 Å². The van der Waals surface area contributed by atoms with Crippen LogP contribution in [0.5, 0.6) is 5.75 Å². The predicted octanol–water partition coefficient (Wildman–Crippen LogP) is 3.70. The van der Waals surface area contributed by atoms with Crippen molar-refractivity contribution in [2.75, 3.05) is 11.9 Å². The topological polar surface area (TPSA) is 87.7 Å². The molecule has 1 atom stereocenters. The van der Waals surface area contributed by atoms with Gasteiger partial charge in [0.25, 0.3) is 0 Å². The highest BCUT2D eigenvalue weighted by Crippen LogP contribution is 2.33. The summed E-state index contributed by atoms with van der Waals surface area (Å²) >= 11 is 2.69. The van der Waals surface area contributed by atoms with Gasteiger partial charge in [-0.25, -0.2) is 0 Å². The van der Waals surface area contributed by atoms with Gasteiger partial charge in [0.05, 0.1) is 6.54 Å². The molecule has 3 rings (SSSR count). The van der Waals surface area contributed by atoms with Gasteiger partial charge in [-0.1, -0.05) is 6.07 Å². The van der Waals surface area contributed by atoms with Crippen molar-refractivity contribution >= 4 is 40.2 Å². The fourth-order valence-corrected chi connectivity index (χ4v) is 4.13. The van der Waals surface area contributed by atoms with E-state index < -0.39 is 29.5 Å². The largest absolute Gasteiger partial charge is 0.573 e. The zero-order valence-corrected chi connectivity index (χ0v) is 16.7. The number of thiophene rings is 2. The number of rotatable bonds is 6. The summed E-state index contributed by atoms with van der Waals surface area (Å²) in [5.74, 6) is -2.49. The molecule has 11 heteroatoms. The molecule has 3 aromatic rings. The molecule has 2 amide bonds. The Bertz CT molecular complexity index is 954. The number of alkyl halides is 3. The van der Waals surface area contributed by atoms with E-state index in [1.165, 1.54) is 34.8 Å². The number of ether oxygens (including phenoxy) is 1. The Morgan fingerprint density at radius 2 is 1.77 bits per heavy atom. The van der Waals surface area contributed by atoms with Gasteiger partial charge in [0.1, 0.15) is 11.4 Å². The summed E-state index contributed by atoms with van der Waals surface area (Å²) in [6.07, 6.45) is -4.83. The van der Waals surface area contributed by atoms with E-state index in [1.54, 1.807) is 34.3 Å². The molecule has 0 radical (unpaired) electrons. The third-order valence-corrected chi connectivity index (χ3v) is 5.69. The van der Waals surface area contributed by atoms with E-state index in [-0.39, 0.29) is 12.2 Å². The summed E-state index contributed by atoms with van der Waals surface area (Å²) in [5.41, 5.74) is -0.812. The number of carbonyl (C=O) groups excluding carboxylic acids is 2. The van der Waals surface area contributed by atoms with Crippen molar-refractivity contribution in [1.29, 1.82) is 0 Å². The second-order valence-corrected chi connectivity index (χ2v) is 7.79. The average Bonchev–Trinajstić information content (AvgIpc) is 3.40. The van der Waals surface area contributed by atoms with E-state index in [2.05, 4.69) is 15.4 Å². The molecule has 0 aliphatic rings. The van der Waals surface area contributed by atoms with Crippen molar-refractivity contribution < 1.29 is 32.6 Å². The highest BCUT2D eigenvalue weighted by molar-refractivity contribution is 7.10. The fraction of sp³-hybridized carbons (Fsp3) is 0.158. The van der Waals surface area contributed by atoms with Crippen molar-refractivity contribution in [2.45, 2.75) is 12.0 Å². The van der Waals surface area contributed by atoms with Gasteiger partial charge in [-0.2, -0.15) is 11.3 Å². The molecule has 2 aromatic heterocycles. The maximum Gasteiger partial charge on any atom is 0.573 e. The molecular weight excluding hydrogens is 441 g/mol. The molecule has 0 spiro atoms. The van der Waals surface area contributed by atoms with Crippen LogP contribution >= 0.6 is 22.7 Å². The summed E-state index contributed by atoms with van der Waals surface area (Å²) in [5, 5.41) is 21.1. The smallest absolute Gasteiger partial charge is 0.406 e. The Morgan fingerprint density at radius 3 is 2.33 bits per heavy atom. The van der Waals surface area contributed by atoms with Crippen LogP contribution < -0.4 is 15.4 Å². The molecule has 6 nitrogen and oxygen atoms in total. The van der Waals surface area contributed by atoms with E-state index in [0.29, 0.717) is 10.4 Å². The summed E-state index contributed by atoms with van der Waals surface area (Å²) < 4.78 is 40.3. The van der Waals surface area contributed by atoms with E-state index in [0.717, 1.165) is 12.1 Å². The van der Waals surface area contributed by atoms with Crippen molar-refractivity contribution in [1.82, 2.24) is 5.32 Å². The lowest BCUT2D eigenvalue weighted by molar-refractivity contribution is -0.274. The van der Waals surface area contributed by atoms with Gasteiger partial charge in [-0.05, 0) is 52.5 Å². The number of anilines is 1. The molecule has 30 heavy (non-hydrogen) atoms. The number of benzene rings is 1. The lowest BCUT2D eigenvalue weighted by Crippen LogP contribution is -2.44. The Kier molecular flexibility index (Phi) is 6.44. The van der Waals surface area contributed by atoms with Gasteiger partial charge < -0.3 is 20.5 Å². The molecule has 1 unspecified atom stereocenters. The van der Waals surface area contributed by atoms with Gasteiger partial charge >= 0.3 is 18.2 Å². The van der Waals surface area contributed by atoms with Crippen molar-refractivity contribution in [2.24, 2.45) is 0 Å². The molecular formula is C19H15F3N2O4S2. The van der Waals surface area contributed by atoms with Gasteiger partial charge in [0.15, 0.2) is 0 Å². The minimum absolute atomic E-state index is 0.107. The molecule has 3 N–H and O–H groups in total. The lowest BCUT2D eigenvalue weighted by atomic mass is 9.94. The third-order valence-electron chi connectivity index (χ3n) is 3.98. The highest BCUT2D eigenvalue weighted by Gasteiger charge is 2.34. The maximum absolute atomic E-state index is 12.2. The Balaban J connectivity index is 1.62. The van der Waals surface area contributed by atoms with Crippen LogP contribution in [0.15, 0.2) is 58.6 Å². The number of hydrogen-bond acceptors (Lipinski definition) is 6. The third kappa shape index (κ3) is 5.38. The molecule has 2 heterocycles. The predicted molar refractivity (Wildman–Crippen MR) is 106 cm³/mol. The number of aliphatic hydroxyl groups is 1. The highest BCUT2D eigenvalue weighted by atomic mass is 32.1. The number of amides is 2. The van der Waals surface area contributed by atoms with Crippen LogP contribution in [-0.2, 0) is 15.2 Å². The first-order chi connectivity index (χ1) is 14.2.